The van der Waals surface area contributed by atoms with E-state index in [1.807, 2.05) is 0 Å². The van der Waals surface area contributed by atoms with Gasteiger partial charge in [-0.25, -0.2) is 17.6 Å². The minimum Gasteiger partial charge on any atom is -0.454 e. The summed E-state index contributed by atoms with van der Waals surface area (Å²) < 4.78 is 92.1. The van der Waals surface area contributed by atoms with E-state index in [9.17, 15) is 22.0 Å². The van der Waals surface area contributed by atoms with Crippen LogP contribution >= 0.6 is 0 Å². The summed E-state index contributed by atoms with van der Waals surface area (Å²) in [4.78, 5) is 0. The van der Waals surface area contributed by atoms with Crippen molar-refractivity contribution in [3.05, 3.63) is 53.1 Å². The summed E-state index contributed by atoms with van der Waals surface area (Å²) in [6.07, 6.45) is 12.1. The molecule has 37 heavy (non-hydrogen) atoms. The molecule has 0 aromatic heterocycles. The molecule has 204 valence electrons. The van der Waals surface area contributed by atoms with E-state index in [1.54, 1.807) is 0 Å². The first-order valence-electron chi connectivity index (χ1n) is 13.4. The minimum absolute atomic E-state index is 0.0715. The summed E-state index contributed by atoms with van der Waals surface area (Å²) in [7, 11) is 0. The van der Waals surface area contributed by atoms with Crippen molar-refractivity contribution in [3.8, 4) is 17.2 Å². The maximum absolute atomic E-state index is 15.4. The topological polar surface area (TPSA) is 18.5 Å². The van der Waals surface area contributed by atoms with Crippen molar-refractivity contribution >= 4 is 0 Å². The van der Waals surface area contributed by atoms with Gasteiger partial charge in [0.15, 0.2) is 29.0 Å². The van der Waals surface area contributed by atoms with Crippen LogP contribution in [0.5, 0.6) is 17.2 Å². The van der Waals surface area contributed by atoms with Gasteiger partial charge in [0.05, 0.1) is 0 Å². The Morgan fingerprint density at radius 1 is 0.811 bits per heavy atom. The Hall–Kier alpha value is -2.38. The third kappa shape index (κ3) is 6.74. The molecule has 0 spiro atoms. The Kier molecular flexibility index (Phi) is 9.30. The summed E-state index contributed by atoms with van der Waals surface area (Å²) in [5.41, 5.74) is -0.0715. The fraction of sp³-hybridized carbons (Fsp3) is 0.586. The Balaban J connectivity index is 1.40. The Labute approximate surface area is 214 Å². The van der Waals surface area contributed by atoms with Crippen molar-refractivity contribution in [2.45, 2.75) is 90.1 Å². The maximum Gasteiger partial charge on any atom is 0.387 e. The van der Waals surface area contributed by atoms with Crippen molar-refractivity contribution in [3.63, 3.8) is 0 Å². The molecule has 0 heterocycles. The first-order chi connectivity index (χ1) is 17.8. The average molecular weight is 529 g/mol. The number of halogens is 6. The number of benzene rings is 2. The molecule has 0 atom stereocenters. The summed E-state index contributed by atoms with van der Waals surface area (Å²) in [6, 6.07) is 3.37. The van der Waals surface area contributed by atoms with E-state index in [0.717, 1.165) is 30.9 Å². The smallest absolute Gasteiger partial charge is 0.387 e. The molecule has 0 radical (unpaired) electrons. The number of hydrogen-bond acceptors (Lipinski definition) is 2. The van der Waals surface area contributed by atoms with Crippen LogP contribution in [0.2, 0.25) is 0 Å². The Morgan fingerprint density at radius 2 is 1.41 bits per heavy atom. The third-order valence-corrected chi connectivity index (χ3v) is 8.20. The van der Waals surface area contributed by atoms with Gasteiger partial charge in [-0.05, 0) is 74.3 Å². The van der Waals surface area contributed by atoms with Crippen LogP contribution < -0.4 is 9.47 Å². The number of hydrogen-bond donors (Lipinski definition) is 0. The van der Waals surface area contributed by atoms with Crippen LogP contribution in [0.3, 0.4) is 0 Å². The number of rotatable bonds is 9. The molecule has 0 amide bonds. The standard InChI is InChI=1S/C29H34F6O2/c1-2-3-4-17-5-7-18(8-6-17)19-9-11-20(12-10-19)26-22(30)13-14-25(27(26)33)36-21-15-23(31)28(24(32)16-21)37-29(34)35/h13-20,29H,2-12H2,1H3. The number of alkyl halides is 2. The van der Waals surface area contributed by atoms with Crippen molar-refractivity contribution in [1.82, 2.24) is 0 Å². The molecule has 2 nitrogen and oxygen atoms in total. The van der Waals surface area contributed by atoms with E-state index < -0.39 is 41.4 Å². The molecule has 2 aliphatic rings. The van der Waals surface area contributed by atoms with Gasteiger partial charge in [0.2, 0.25) is 0 Å². The van der Waals surface area contributed by atoms with Gasteiger partial charge in [-0.1, -0.05) is 39.0 Å². The van der Waals surface area contributed by atoms with Gasteiger partial charge >= 0.3 is 6.61 Å². The molecule has 0 N–H and O–H groups in total. The van der Waals surface area contributed by atoms with E-state index >= 15 is 4.39 Å². The predicted molar refractivity (Wildman–Crippen MR) is 129 cm³/mol. The van der Waals surface area contributed by atoms with Gasteiger partial charge in [0.1, 0.15) is 11.6 Å². The third-order valence-electron chi connectivity index (χ3n) is 8.20. The lowest BCUT2D eigenvalue weighted by Crippen LogP contribution is -2.26. The quantitative estimate of drug-likeness (QED) is 0.302. The average Bonchev–Trinajstić information content (AvgIpc) is 2.87. The second-order valence-electron chi connectivity index (χ2n) is 10.5. The molecule has 8 heteroatoms. The van der Waals surface area contributed by atoms with Crippen LogP contribution in [-0.2, 0) is 0 Å². The maximum atomic E-state index is 15.4. The summed E-state index contributed by atoms with van der Waals surface area (Å²) in [6.45, 7) is -1.19. The largest absolute Gasteiger partial charge is 0.454 e. The number of ether oxygens (including phenoxy) is 2. The second kappa shape index (κ2) is 12.4. The fourth-order valence-corrected chi connectivity index (χ4v) is 6.25. The van der Waals surface area contributed by atoms with Crippen LogP contribution in [0.15, 0.2) is 24.3 Å². The molecule has 2 aromatic rings. The molecular formula is C29H34F6O2. The molecule has 2 aromatic carbocycles. The molecule has 0 bridgehead atoms. The molecule has 2 fully saturated rings. The van der Waals surface area contributed by atoms with Gasteiger partial charge in [0.25, 0.3) is 0 Å². The zero-order valence-corrected chi connectivity index (χ0v) is 21.1. The number of unbranched alkanes of at least 4 members (excludes halogenated alkanes) is 1. The van der Waals surface area contributed by atoms with Crippen molar-refractivity contribution < 1.29 is 35.8 Å². The monoisotopic (exact) mass is 528 g/mol. The van der Waals surface area contributed by atoms with Crippen LogP contribution in [-0.4, -0.2) is 6.61 Å². The molecule has 2 saturated carbocycles. The summed E-state index contributed by atoms with van der Waals surface area (Å²) in [5.74, 6) is -4.73. The van der Waals surface area contributed by atoms with E-state index in [-0.39, 0.29) is 17.2 Å². The summed E-state index contributed by atoms with van der Waals surface area (Å²) in [5, 5.41) is 0. The minimum atomic E-state index is -3.41. The predicted octanol–water partition coefficient (Wildman–Crippen LogP) is 9.91. The molecule has 0 aliphatic heterocycles. The van der Waals surface area contributed by atoms with E-state index in [1.165, 1.54) is 44.9 Å². The SMILES string of the molecule is CCCCC1CCC(C2CCC(c3c(F)ccc(Oc4cc(F)c(OC(F)F)c(F)c4)c3F)CC2)CC1. The van der Waals surface area contributed by atoms with E-state index in [4.69, 9.17) is 4.74 Å². The zero-order valence-electron chi connectivity index (χ0n) is 21.1. The molecule has 4 rings (SSSR count). The molecule has 0 saturated heterocycles. The first-order valence-corrected chi connectivity index (χ1v) is 13.4. The van der Waals surface area contributed by atoms with Gasteiger partial charge in [-0.2, -0.15) is 8.78 Å². The highest BCUT2D eigenvalue weighted by atomic mass is 19.3. The molecular weight excluding hydrogens is 494 g/mol. The lowest BCUT2D eigenvalue weighted by Gasteiger charge is -2.38. The second-order valence-corrected chi connectivity index (χ2v) is 10.5. The van der Waals surface area contributed by atoms with Crippen molar-refractivity contribution in [1.29, 1.82) is 0 Å². The Bertz CT molecular complexity index is 1020. The van der Waals surface area contributed by atoms with Gasteiger partial charge in [-0.3, -0.25) is 0 Å². The normalized spacial score (nSPS) is 24.3. The van der Waals surface area contributed by atoms with E-state index in [2.05, 4.69) is 11.7 Å². The van der Waals surface area contributed by atoms with Crippen LogP contribution in [0, 0.1) is 41.0 Å². The lowest BCUT2D eigenvalue weighted by molar-refractivity contribution is -0.0547. The highest BCUT2D eigenvalue weighted by Gasteiger charge is 2.33. The lowest BCUT2D eigenvalue weighted by atomic mass is 9.68. The summed E-state index contributed by atoms with van der Waals surface area (Å²) >= 11 is 0. The van der Waals surface area contributed by atoms with Crippen LogP contribution in [0.1, 0.15) is 89.0 Å². The first kappa shape index (κ1) is 27.6. The molecule has 2 aliphatic carbocycles. The highest BCUT2D eigenvalue weighted by molar-refractivity contribution is 5.41. The Morgan fingerprint density at radius 3 is 1.97 bits per heavy atom. The van der Waals surface area contributed by atoms with Crippen LogP contribution in [0.4, 0.5) is 26.3 Å². The molecule has 0 unspecified atom stereocenters. The van der Waals surface area contributed by atoms with Crippen molar-refractivity contribution in [2.75, 3.05) is 0 Å². The van der Waals surface area contributed by atoms with E-state index in [0.29, 0.717) is 36.8 Å². The highest BCUT2D eigenvalue weighted by Crippen LogP contribution is 2.46. The van der Waals surface area contributed by atoms with Gasteiger partial charge in [0, 0.05) is 17.7 Å². The van der Waals surface area contributed by atoms with Crippen molar-refractivity contribution in [2.24, 2.45) is 17.8 Å². The fourth-order valence-electron chi connectivity index (χ4n) is 6.25. The van der Waals surface area contributed by atoms with Gasteiger partial charge in [-0.15, -0.1) is 0 Å². The van der Waals surface area contributed by atoms with Gasteiger partial charge < -0.3 is 9.47 Å². The van der Waals surface area contributed by atoms with Crippen LogP contribution in [0.25, 0.3) is 0 Å². The zero-order chi connectivity index (χ0) is 26.5.